The number of nitrogens with two attached hydrogens (primary N) is 1. The number of hydrogen-bond acceptors (Lipinski definition) is 1. The van der Waals surface area contributed by atoms with Gasteiger partial charge in [-0.25, -0.2) is 0 Å². The van der Waals surface area contributed by atoms with Crippen LogP contribution in [0.4, 0.5) is 5.69 Å². The van der Waals surface area contributed by atoms with Crippen molar-refractivity contribution in [3.8, 4) is 11.1 Å². The van der Waals surface area contributed by atoms with Crippen molar-refractivity contribution in [1.29, 1.82) is 0 Å². The number of benzene rings is 2. The zero-order chi connectivity index (χ0) is 12.6. The van der Waals surface area contributed by atoms with Gasteiger partial charge in [0.15, 0.2) is 0 Å². The van der Waals surface area contributed by atoms with Crippen LogP contribution in [0.25, 0.3) is 11.1 Å². The summed E-state index contributed by atoms with van der Waals surface area (Å²) >= 11 is 23.8. The van der Waals surface area contributed by atoms with Crippen molar-refractivity contribution >= 4 is 52.1 Å². The molecule has 0 heterocycles. The highest BCUT2D eigenvalue weighted by Crippen LogP contribution is 2.39. The van der Waals surface area contributed by atoms with Crippen LogP contribution in [0.2, 0.25) is 20.1 Å². The molecule has 88 valence electrons. The number of nitrogen functional groups attached to an aromatic ring is 1. The zero-order valence-electron chi connectivity index (χ0n) is 8.48. The fourth-order valence-electron chi connectivity index (χ4n) is 1.46. The third-order valence-electron chi connectivity index (χ3n) is 2.34. The third-order valence-corrected chi connectivity index (χ3v) is 3.98. The highest BCUT2D eigenvalue weighted by atomic mass is 35.5. The Hall–Kier alpha value is -0.600. The van der Waals surface area contributed by atoms with E-state index in [0.717, 1.165) is 11.1 Å². The molecule has 1 nitrogen and oxygen atoms in total. The SMILES string of the molecule is Nc1cc(-c2ccc(Cl)c(Cl)c2Cl)ccc1Cl. The molecule has 0 aliphatic heterocycles. The van der Waals surface area contributed by atoms with E-state index in [1.807, 2.05) is 6.07 Å². The van der Waals surface area contributed by atoms with Gasteiger partial charge >= 0.3 is 0 Å². The highest BCUT2D eigenvalue weighted by Gasteiger charge is 2.11. The molecule has 5 heteroatoms. The van der Waals surface area contributed by atoms with Crippen LogP contribution >= 0.6 is 46.4 Å². The van der Waals surface area contributed by atoms with Gasteiger partial charge in [0, 0.05) is 5.56 Å². The van der Waals surface area contributed by atoms with Crippen LogP contribution in [0.1, 0.15) is 0 Å². The summed E-state index contributed by atoms with van der Waals surface area (Å²) in [4.78, 5) is 0. The fraction of sp³-hybridized carbons (Fsp3) is 0. The molecule has 0 radical (unpaired) electrons. The van der Waals surface area contributed by atoms with Gasteiger partial charge in [-0.2, -0.15) is 0 Å². The average molecular weight is 307 g/mol. The van der Waals surface area contributed by atoms with Gasteiger partial charge in [0.2, 0.25) is 0 Å². The number of rotatable bonds is 1. The van der Waals surface area contributed by atoms with Crippen molar-refractivity contribution in [3.63, 3.8) is 0 Å². The van der Waals surface area contributed by atoms with E-state index < -0.39 is 0 Å². The quantitative estimate of drug-likeness (QED) is 0.542. The van der Waals surface area contributed by atoms with Crippen molar-refractivity contribution in [2.24, 2.45) is 0 Å². The van der Waals surface area contributed by atoms with Gasteiger partial charge < -0.3 is 5.73 Å². The summed E-state index contributed by atoms with van der Waals surface area (Å²) < 4.78 is 0. The average Bonchev–Trinajstić information content (AvgIpc) is 2.30. The number of anilines is 1. The Morgan fingerprint density at radius 3 is 2.06 bits per heavy atom. The van der Waals surface area contributed by atoms with Crippen LogP contribution in [0.3, 0.4) is 0 Å². The maximum atomic E-state index is 6.13. The predicted molar refractivity (Wildman–Crippen MR) is 76.3 cm³/mol. The van der Waals surface area contributed by atoms with Crippen molar-refractivity contribution in [2.75, 3.05) is 5.73 Å². The Kier molecular flexibility index (Phi) is 3.74. The Balaban J connectivity index is 2.61. The van der Waals surface area contributed by atoms with Gasteiger partial charge in [-0.15, -0.1) is 0 Å². The summed E-state index contributed by atoms with van der Waals surface area (Å²) in [5.74, 6) is 0. The van der Waals surface area contributed by atoms with Crippen LogP contribution in [0, 0.1) is 0 Å². The first-order valence-corrected chi connectivity index (χ1v) is 6.21. The summed E-state index contributed by atoms with van der Waals surface area (Å²) in [7, 11) is 0. The van der Waals surface area contributed by atoms with E-state index in [4.69, 9.17) is 52.1 Å². The van der Waals surface area contributed by atoms with Crippen molar-refractivity contribution in [2.45, 2.75) is 0 Å². The molecule has 2 N–H and O–H groups in total. The van der Waals surface area contributed by atoms with Gasteiger partial charge in [0.05, 0.1) is 25.8 Å². The molecule has 0 saturated carbocycles. The lowest BCUT2D eigenvalue weighted by molar-refractivity contribution is 1.61. The minimum Gasteiger partial charge on any atom is -0.398 e. The largest absolute Gasteiger partial charge is 0.398 e. The highest BCUT2D eigenvalue weighted by molar-refractivity contribution is 6.49. The normalized spacial score (nSPS) is 10.6. The third kappa shape index (κ3) is 2.48. The van der Waals surface area contributed by atoms with Crippen LogP contribution in [0.15, 0.2) is 30.3 Å². The Morgan fingerprint density at radius 2 is 1.41 bits per heavy atom. The molecular weight excluding hydrogens is 300 g/mol. The minimum atomic E-state index is 0.333. The van der Waals surface area contributed by atoms with E-state index in [9.17, 15) is 0 Å². The second-order valence-corrected chi connectivity index (χ2v) is 5.03. The van der Waals surface area contributed by atoms with Crippen molar-refractivity contribution in [3.05, 3.63) is 50.4 Å². The van der Waals surface area contributed by atoms with Gasteiger partial charge in [-0.05, 0) is 23.8 Å². The van der Waals surface area contributed by atoms with E-state index in [-0.39, 0.29) is 0 Å². The van der Waals surface area contributed by atoms with Gasteiger partial charge in [0.25, 0.3) is 0 Å². The van der Waals surface area contributed by atoms with E-state index in [0.29, 0.717) is 25.8 Å². The molecule has 0 atom stereocenters. The fourth-order valence-corrected chi connectivity index (χ4v) is 2.22. The maximum Gasteiger partial charge on any atom is 0.0784 e. The van der Waals surface area contributed by atoms with Crippen LogP contribution in [0.5, 0.6) is 0 Å². The molecule has 0 aliphatic carbocycles. The number of hydrogen-bond donors (Lipinski definition) is 1. The van der Waals surface area contributed by atoms with E-state index in [1.54, 1.807) is 24.3 Å². The van der Waals surface area contributed by atoms with E-state index in [1.165, 1.54) is 0 Å². The molecule has 0 spiro atoms. The molecule has 0 aromatic heterocycles. The zero-order valence-corrected chi connectivity index (χ0v) is 11.5. The molecule has 2 aromatic rings. The van der Waals surface area contributed by atoms with Crippen LogP contribution < -0.4 is 5.73 Å². The molecule has 0 bridgehead atoms. The maximum absolute atomic E-state index is 6.13. The molecule has 2 aromatic carbocycles. The molecule has 0 saturated heterocycles. The number of halogens is 4. The summed E-state index contributed by atoms with van der Waals surface area (Å²) in [6.45, 7) is 0. The predicted octanol–water partition coefficient (Wildman–Crippen LogP) is 5.55. The van der Waals surface area contributed by atoms with Gasteiger partial charge in [-0.1, -0.05) is 58.5 Å². The topological polar surface area (TPSA) is 26.0 Å². The minimum absolute atomic E-state index is 0.333. The molecular formula is C12H7Cl4N. The smallest absolute Gasteiger partial charge is 0.0784 e. The molecule has 0 unspecified atom stereocenters. The van der Waals surface area contributed by atoms with Crippen molar-refractivity contribution in [1.82, 2.24) is 0 Å². The lowest BCUT2D eigenvalue weighted by Gasteiger charge is -2.08. The summed E-state index contributed by atoms with van der Waals surface area (Å²) in [5.41, 5.74) is 7.84. The summed E-state index contributed by atoms with van der Waals surface area (Å²) in [5, 5.41) is 1.66. The Morgan fingerprint density at radius 1 is 0.765 bits per heavy atom. The Bertz CT molecular complexity index is 581. The molecule has 0 aliphatic rings. The second kappa shape index (κ2) is 4.95. The molecule has 2 rings (SSSR count). The summed E-state index contributed by atoms with van der Waals surface area (Å²) in [6, 6.07) is 8.76. The van der Waals surface area contributed by atoms with Gasteiger partial charge in [0.1, 0.15) is 0 Å². The molecule has 0 fully saturated rings. The first kappa shape index (κ1) is 12.8. The van der Waals surface area contributed by atoms with Crippen LogP contribution in [-0.4, -0.2) is 0 Å². The van der Waals surface area contributed by atoms with Crippen LogP contribution in [-0.2, 0) is 0 Å². The molecule has 17 heavy (non-hydrogen) atoms. The second-order valence-electron chi connectivity index (χ2n) is 3.46. The van der Waals surface area contributed by atoms with E-state index in [2.05, 4.69) is 0 Å². The lowest BCUT2D eigenvalue weighted by Crippen LogP contribution is -1.88. The van der Waals surface area contributed by atoms with E-state index >= 15 is 0 Å². The molecule has 0 amide bonds. The monoisotopic (exact) mass is 305 g/mol. The standard InChI is InChI=1S/C12H7Cl4N/c13-8-3-1-6(5-10(8)17)7-2-4-9(14)12(16)11(7)15/h1-5H,17H2. The van der Waals surface area contributed by atoms with Crippen molar-refractivity contribution < 1.29 is 0 Å². The van der Waals surface area contributed by atoms with Gasteiger partial charge in [-0.3, -0.25) is 0 Å². The first-order valence-electron chi connectivity index (χ1n) is 4.69. The summed E-state index contributed by atoms with van der Waals surface area (Å²) in [6.07, 6.45) is 0. The lowest BCUT2D eigenvalue weighted by atomic mass is 10.1. The Labute approximate surface area is 119 Å². The first-order chi connectivity index (χ1) is 8.00.